The zero-order valence-electron chi connectivity index (χ0n) is 10.7. The summed E-state index contributed by atoms with van der Waals surface area (Å²) in [5, 5.41) is 0.835. The monoisotopic (exact) mass is 268 g/mol. The summed E-state index contributed by atoms with van der Waals surface area (Å²) in [6.45, 7) is 0.564. The zero-order chi connectivity index (χ0) is 14.1. The van der Waals surface area contributed by atoms with Gasteiger partial charge < -0.3 is 10.3 Å². The first-order valence-electron chi connectivity index (χ1n) is 6.27. The molecule has 3 rings (SSSR count). The number of aromatic nitrogens is 1. The van der Waals surface area contributed by atoms with E-state index in [1.165, 1.54) is 12.1 Å². The molecule has 0 saturated carbocycles. The highest BCUT2D eigenvalue weighted by atomic mass is 19.1. The molecular formula is C16H13FN2O. The third-order valence-corrected chi connectivity index (χ3v) is 3.32. The number of nitrogens with zero attached hydrogens (tertiary/aromatic N) is 1. The minimum atomic E-state index is -0.445. The minimum Gasteiger partial charge on any atom is -0.366 e. The SMILES string of the molecule is NC(=O)c1cn(Cc2ccc(F)cc2)c2ccccc12. The number of benzene rings is 2. The van der Waals surface area contributed by atoms with Crippen LogP contribution in [0.25, 0.3) is 10.9 Å². The molecule has 1 heterocycles. The molecule has 0 radical (unpaired) electrons. The molecule has 0 bridgehead atoms. The van der Waals surface area contributed by atoms with Crippen molar-refractivity contribution in [1.82, 2.24) is 4.57 Å². The lowest BCUT2D eigenvalue weighted by Crippen LogP contribution is -2.10. The van der Waals surface area contributed by atoms with Crippen LogP contribution in [-0.4, -0.2) is 10.5 Å². The molecular weight excluding hydrogens is 255 g/mol. The van der Waals surface area contributed by atoms with Gasteiger partial charge in [-0.05, 0) is 23.8 Å². The normalized spacial score (nSPS) is 10.8. The van der Waals surface area contributed by atoms with E-state index < -0.39 is 5.91 Å². The van der Waals surface area contributed by atoms with Gasteiger partial charge in [0.1, 0.15) is 5.82 Å². The van der Waals surface area contributed by atoms with E-state index >= 15 is 0 Å². The number of carbonyl (C=O) groups excluding carboxylic acids is 1. The van der Waals surface area contributed by atoms with Gasteiger partial charge in [0.05, 0.1) is 5.56 Å². The molecule has 0 atom stereocenters. The van der Waals surface area contributed by atoms with Gasteiger partial charge in [0.2, 0.25) is 0 Å². The predicted molar refractivity (Wildman–Crippen MR) is 76.0 cm³/mol. The van der Waals surface area contributed by atoms with Crippen molar-refractivity contribution >= 4 is 16.8 Å². The maximum atomic E-state index is 12.9. The largest absolute Gasteiger partial charge is 0.366 e. The standard InChI is InChI=1S/C16H13FN2O/c17-12-7-5-11(6-8-12)9-19-10-14(16(18)20)13-3-1-2-4-15(13)19/h1-8,10H,9H2,(H2,18,20). The molecule has 0 aliphatic carbocycles. The van der Waals surface area contributed by atoms with Gasteiger partial charge in [0.15, 0.2) is 0 Å². The van der Waals surface area contributed by atoms with Crippen LogP contribution < -0.4 is 5.73 Å². The Morgan fingerprint density at radius 3 is 2.50 bits per heavy atom. The van der Waals surface area contributed by atoms with Crippen LogP contribution in [0.2, 0.25) is 0 Å². The van der Waals surface area contributed by atoms with E-state index in [-0.39, 0.29) is 5.82 Å². The molecule has 0 unspecified atom stereocenters. The summed E-state index contributed by atoms with van der Waals surface area (Å²) in [4.78, 5) is 11.5. The third kappa shape index (κ3) is 2.16. The molecule has 3 nitrogen and oxygen atoms in total. The Bertz CT molecular complexity index is 775. The van der Waals surface area contributed by atoms with Crippen molar-refractivity contribution in [3.8, 4) is 0 Å². The first-order chi connectivity index (χ1) is 9.65. The van der Waals surface area contributed by atoms with Crippen molar-refractivity contribution in [3.63, 3.8) is 0 Å². The molecule has 2 N–H and O–H groups in total. The van der Waals surface area contributed by atoms with Crippen LogP contribution in [0, 0.1) is 5.82 Å². The van der Waals surface area contributed by atoms with Crippen molar-refractivity contribution in [2.45, 2.75) is 6.54 Å². The van der Waals surface area contributed by atoms with Crippen LogP contribution in [-0.2, 0) is 6.54 Å². The molecule has 0 saturated heterocycles. The van der Waals surface area contributed by atoms with Crippen LogP contribution in [0.3, 0.4) is 0 Å². The number of hydrogen-bond donors (Lipinski definition) is 1. The molecule has 100 valence electrons. The lowest BCUT2D eigenvalue weighted by molar-refractivity contribution is 0.100. The molecule has 3 aromatic rings. The number of hydrogen-bond acceptors (Lipinski definition) is 1. The summed E-state index contributed by atoms with van der Waals surface area (Å²) < 4.78 is 14.9. The van der Waals surface area contributed by atoms with Crippen LogP contribution in [0.1, 0.15) is 15.9 Å². The van der Waals surface area contributed by atoms with Gasteiger partial charge >= 0.3 is 0 Å². The van der Waals surface area contributed by atoms with Gasteiger partial charge in [-0.15, -0.1) is 0 Å². The van der Waals surface area contributed by atoms with Gasteiger partial charge in [-0.3, -0.25) is 4.79 Å². The van der Waals surface area contributed by atoms with Crippen LogP contribution in [0.5, 0.6) is 0 Å². The topological polar surface area (TPSA) is 48.0 Å². The van der Waals surface area contributed by atoms with Crippen LogP contribution >= 0.6 is 0 Å². The second-order valence-corrected chi connectivity index (χ2v) is 4.68. The van der Waals surface area contributed by atoms with E-state index in [2.05, 4.69) is 0 Å². The second kappa shape index (κ2) is 4.81. The quantitative estimate of drug-likeness (QED) is 0.780. The molecule has 0 aliphatic heterocycles. The average molecular weight is 268 g/mol. The van der Waals surface area contributed by atoms with Gasteiger partial charge in [0, 0.05) is 23.6 Å². The third-order valence-electron chi connectivity index (χ3n) is 3.32. The molecule has 0 fully saturated rings. The van der Waals surface area contributed by atoms with Gasteiger partial charge in [-0.2, -0.15) is 0 Å². The van der Waals surface area contributed by atoms with E-state index in [0.717, 1.165) is 16.5 Å². The number of amides is 1. The number of para-hydroxylation sites is 1. The lowest BCUT2D eigenvalue weighted by Gasteiger charge is -2.05. The van der Waals surface area contributed by atoms with Crippen molar-refractivity contribution in [3.05, 3.63) is 71.7 Å². The fourth-order valence-corrected chi connectivity index (χ4v) is 2.36. The molecule has 1 amide bonds. The number of carbonyl (C=O) groups is 1. The fraction of sp³-hybridized carbons (Fsp3) is 0.0625. The predicted octanol–water partition coefficient (Wildman–Crippen LogP) is 2.93. The highest BCUT2D eigenvalue weighted by molar-refractivity contribution is 6.06. The van der Waals surface area contributed by atoms with E-state index in [1.807, 2.05) is 28.8 Å². The smallest absolute Gasteiger partial charge is 0.250 e. The molecule has 1 aromatic heterocycles. The highest BCUT2D eigenvalue weighted by Crippen LogP contribution is 2.22. The summed E-state index contributed by atoms with van der Waals surface area (Å²) >= 11 is 0. The van der Waals surface area contributed by atoms with Crippen LogP contribution in [0.15, 0.2) is 54.7 Å². The number of primary amides is 1. The zero-order valence-corrected chi connectivity index (χ0v) is 10.7. The average Bonchev–Trinajstić information content (AvgIpc) is 2.81. The molecule has 0 spiro atoms. The highest BCUT2D eigenvalue weighted by Gasteiger charge is 2.12. The van der Waals surface area contributed by atoms with Crippen molar-refractivity contribution in [2.24, 2.45) is 5.73 Å². The van der Waals surface area contributed by atoms with Crippen molar-refractivity contribution in [1.29, 1.82) is 0 Å². The molecule has 20 heavy (non-hydrogen) atoms. The number of nitrogens with two attached hydrogens (primary N) is 1. The summed E-state index contributed by atoms with van der Waals surface area (Å²) in [5.74, 6) is -0.706. The van der Waals surface area contributed by atoms with Gasteiger partial charge in [-0.1, -0.05) is 30.3 Å². The Morgan fingerprint density at radius 2 is 1.80 bits per heavy atom. The Balaban J connectivity index is 2.07. The minimum absolute atomic E-state index is 0.260. The lowest BCUT2D eigenvalue weighted by atomic mass is 10.2. The van der Waals surface area contributed by atoms with Gasteiger partial charge in [-0.25, -0.2) is 4.39 Å². The number of halogens is 1. The molecule has 2 aromatic carbocycles. The summed E-state index contributed by atoms with van der Waals surface area (Å²) in [6, 6.07) is 13.9. The maximum Gasteiger partial charge on any atom is 0.250 e. The van der Waals surface area contributed by atoms with Crippen molar-refractivity contribution in [2.75, 3.05) is 0 Å². The Labute approximate surface area is 115 Å². The Kier molecular flexibility index (Phi) is 2.99. The Morgan fingerprint density at radius 1 is 1.10 bits per heavy atom. The van der Waals surface area contributed by atoms with E-state index in [1.54, 1.807) is 18.3 Å². The van der Waals surface area contributed by atoms with E-state index in [4.69, 9.17) is 5.73 Å². The van der Waals surface area contributed by atoms with Crippen molar-refractivity contribution < 1.29 is 9.18 Å². The number of rotatable bonds is 3. The maximum absolute atomic E-state index is 12.9. The first kappa shape index (κ1) is 12.4. The van der Waals surface area contributed by atoms with E-state index in [0.29, 0.717) is 12.1 Å². The second-order valence-electron chi connectivity index (χ2n) is 4.68. The molecule has 4 heteroatoms. The van der Waals surface area contributed by atoms with E-state index in [9.17, 15) is 9.18 Å². The summed E-state index contributed by atoms with van der Waals surface area (Å²) in [7, 11) is 0. The molecule has 0 aliphatic rings. The summed E-state index contributed by atoms with van der Waals surface area (Å²) in [5.41, 5.74) is 7.80. The van der Waals surface area contributed by atoms with Gasteiger partial charge in [0.25, 0.3) is 5.91 Å². The van der Waals surface area contributed by atoms with Crippen LogP contribution in [0.4, 0.5) is 4.39 Å². The fourth-order valence-electron chi connectivity index (χ4n) is 2.36. The summed E-state index contributed by atoms with van der Waals surface area (Å²) in [6.07, 6.45) is 1.75. The Hall–Kier alpha value is -2.62. The number of fused-ring (bicyclic) bond motifs is 1. The first-order valence-corrected chi connectivity index (χ1v) is 6.27.